The molecule has 27 heavy (non-hydrogen) atoms. The van der Waals surface area contributed by atoms with Crippen LogP contribution < -0.4 is 5.32 Å². The summed E-state index contributed by atoms with van der Waals surface area (Å²) >= 11 is 7.40. The Morgan fingerprint density at radius 2 is 2.15 bits per heavy atom. The Bertz CT molecular complexity index is 969. The van der Waals surface area contributed by atoms with E-state index in [9.17, 15) is 9.59 Å². The monoisotopic (exact) mass is 404 g/mol. The first-order valence-electron chi connectivity index (χ1n) is 8.18. The third-order valence-electron chi connectivity index (χ3n) is 3.78. The quantitative estimate of drug-likeness (QED) is 0.634. The number of halogens is 1. The number of hydrogen-bond donors (Lipinski definition) is 1. The molecule has 0 bridgehead atoms. The molecule has 2 aromatic heterocycles. The molecule has 0 aliphatic carbocycles. The summed E-state index contributed by atoms with van der Waals surface area (Å²) in [5.41, 5.74) is 2.09. The molecule has 9 heteroatoms. The number of carbonyl (C=O) groups excluding carboxylic acids is 2. The van der Waals surface area contributed by atoms with Crippen molar-refractivity contribution in [1.29, 1.82) is 0 Å². The van der Waals surface area contributed by atoms with E-state index >= 15 is 0 Å². The van der Waals surface area contributed by atoms with Gasteiger partial charge in [-0.25, -0.2) is 14.5 Å². The maximum atomic E-state index is 12.2. The second kappa shape index (κ2) is 8.32. The lowest BCUT2D eigenvalue weighted by molar-refractivity contribution is -0.119. The van der Waals surface area contributed by atoms with Gasteiger partial charge in [-0.05, 0) is 43.2 Å². The number of nitrogens with zero attached hydrogens (tertiary/aromatic N) is 3. The summed E-state index contributed by atoms with van der Waals surface area (Å²) in [5, 5.41) is 7.18. The number of nitrogens with one attached hydrogen (secondary N) is 1. The van der Waals surface area contributed by atoms with Crippen LogP contribution in [0.2, 0.25) is 5.02 Å². The fraction of sp³-hybridized carbons (Fsp3) is 0.222. The molecule has 2 heterocycles. The normalized spacial score (nSPS) is 10.6. The Labute approximate surface area is 164 Å². The van der Waals surface area contributed by atoms with Crippen molar-refractivity contribution < 1.29 is 14.3 Å². The van der Waals surface area contributed by atoms with E-state index in [0.717, 1.165) is 16.9 Å². The van der Waals surface area contributed by atoms with Gasteiger partial charge in [-0.2, -0.15) is 5.10 Å². The van der Waals surface area contributed by atoms with Crippen molar-refractivity contribution in [2.45, 2.75) is 20.3 Å². The maximum Gasteiger partial charge on any atom is 0.348 e. The van der Waals surface area contributed by atoms with Crippen LogP contribution in [0.25, 0.3) is 5.69 Å². The van der Waals surface area contributed by atoms with Crippen molar-refractivity contribution in [2.24, 2.45) is 0 Å². The van der Waals surface area contributed by atoms with Crippen LogP contribution in [0.5, 0.6) is 0 Å². The summed E-state index contributed by atoms with van der Waals surface area (Å²) in [5.74, 6) is -0.989. The Morgan fingerprint density at radius 3 is 2.81 bits per heavy atom. The van der Waals surface area contributed by atoms with Gasteiger partial charge >= 0.3 is 5.97 Å². The van der Waals surface area contributed by atoms with E-state index in [0.29, 0.717) is 21.3 Å². The van der Waals surface area contributed by atoms with E-state index in [2.05, 4.69) is 15.4 Å². The van der Waals surface area contributed by atoms with E-state index in [1.165, 1.54) is 28.7 Å². The third kappa shape index (κ3) is 4.53. The molecule has 0 aliphatic rings. The molecule has 0 saturated heterocycles. The molecule has 1 amide bonds. The standard InChI is InChI=1S/C18H17ClN4O3S/c1-3-15-11(2)6-16(27-15)18(25)26-8-17(24)22-13-7-12(19)4-5-14(13)23-10-20-9-21-23/h4-7,9-10H,3,8H2,1-2H3,(H,22,24). The topological polar surface area (TPSA) is 86.1 Å². The summed E-state index contributed by atoms with van der Waals surface area (Å²) in [7, 11) is 0. The summed E-state index contributed by atoms with van der Waals surface area (Å²) in [6.45, 7) is 3.57. The Balaban J connectivity index is 1.66. The second-order valence-corrected chi connectivity index (χ2v) is 7.27. The molecule has 0 radical (unpaired) electrons. The van der Waals surface area contributed by atoms with Gasteiger partial charge in [-0.1, -0.05) is 18.5 Å². The predicted octanol–water partition coefficient (Wildman–Crippen LogP) is 3.65. The van der Waals surface area contributed by atoms with Crippen LogP contribution in [0.4, 0.5) is 5.69 Å². The first-order valence-corrected chi connectivity index (χ1v) is 9.38. The number of thiophene rings is 1. The molecule has 0 spiro atoms. The minimum Gasteiger partial charge on any atom is -0.451 e. The summed E-state index contributed by atoms with van der Waals surface area (Å²) in [4.78, 5) is 29.9. The fourth-order valence-corrected chi connectivity index (χ4v) is 3.68. The molecule has 140 valence electrons. The first-order chi connectivity index (χ1) is 13.0. The molecule has 0 saturated carbocycles. The van der Waals surface area contributed by atoms with Crippen molar-refractivity contribution in [3.63, 3.8) is 0 Å². The fourth-order valence-electron chi connectivity index (χ4n) is 2.50. The minimum atomic E-state index is -0.513. The molecule has 3 aromatic rings. The SMILES string of the molecule is CCc1sc(C(=O)OCC(=O)Nc2cc(Cl)ccc2-n2cncn2)cc1C. The lowest BCUT2D eigenvalue weighted by Crippen LogP contribution is -2.21. The lowest BCUT2D eigenvalue weighted by Gasteiger charge is -2.11. The van der Waals surface area contributed by atoms with Crippen LogP contribution in [-0.4, -0.2) is 33.2 Å². The minimum absolute atomic E-state index is 0.402. The summed E-state index contributed by atoms with van der Waals surface area (Å²) in [6, 6.07) is 6.76. The van der Waals surface area contributed by atoms with Gasteiger partial charge < -0.3 is 10.1 Å². The average molecular weight is 405 g/mol. The smallest absolute Gasteiger partial charge is 0.348 e. The van der Waals surface area contributed by atoms with E-state index in [-0.39, 0.29) is 0 Å². The van der Waals surface area contributed by atoms with E-state index in [1.807, 2.05) is 13.8 Å². The third-order valence-corrected chi connectivity index (χ3v) is 5.37. The highest BCUT2D eigenvalue weighted by atomic mass is 35.5. The van der Waals surface area contributed by atoms with Gasteiger partial charge in [0.2, 0.25) is 0 Å². The Morgan fingerprint density at radius 1 is 1.33 bits per heavy atom. The number of aryl methyl sites for hydroxylation is 2. The number of rotatable bonds is 6. The van der Waals surface area contributed by atoms with Gasteiger partial charge in [0.25, 0.3) is 5.91 Å². The van der Waals surface area contributed by atoms with Crippen molar-refractivity contribution in [3.05, 3.63) is 57.3 Å². The number of carbonyl (C=O) groups is 2. The lowest BCUT2D eigenvalue weighted by atomic mass is 10.2. The number of esters is 1. The van der Waals surface area contributed by atoms with Crippen molar-refractivity contribution in [3.8, 4) is 5.69 Å². The van der Waals surface area contributed by atoms with Crippen LogP contribution in [0.3, 0.4) is 0 Å². The van der Waals surface area contributed by atoms with Crippen LogP contribution in [0, 0.1) is 6.92 Å². The molecular formula is C18H17ClN4O3S. The molecular weight excluding hydrogens is 388 g/mol. The van der Waals surface area contributed by atoms with E-state index in [4.69, 9.17) is 16.3 Å². The van der Waals surface area contributed by atoms with Gasteiger partial charge in [0.15, 0.2) is 6.61 Å². The van der Waals surface area contributed by atoms with Crippen LogP contribution in [0.15, 0.2) is 36.9 Å². The van der Waals surface area contributed by atoms with Gasteiger partial charge in [-0.3, -0.25) is 4.79 Å². The average Bonchev–Trinajstić information content (AvgIpc) is 3.29. The molecule has 7 nitrogen and oxygen atoms in total. The highest BCUT2D eigenvalue weighted by molar-refractivity contribution is 7.14. The zero-order chi connectivity index (χ0) is 19.4. The largest absolute Gasteiger partial charge is 0.451 e. The second-order valence-electron chi connectivity index (χ2n) is 5.70. The van der Waals surface area contributed by atoms with Crippen LogP contribution >= 0.6 is 22.9 Å². The van der Waals surface area contributed by atoms with E-state index < -0.39 is 18.5 Å². The molecule has 3 rings (SSSR count). The van der Waals surface area contributed by atoms with Gasteiger partial charge in [0.1, 0.15) is 17.5 Å². The van der Waals surface area contributed by atoms with Crippen molar-refractivity contribution in [2.75, 3.05) is 11.9 Å². The molecule has 1 aromatic carbocycles. The number of ether oxygens (including phenoxy) is 1. The van der Waals surface area contributed by atoms with Crippen LogP contribution in [-0.2, 0) is 16.0 Å². The number of anilines is 1. The summed E-state index contributed by atoms with van der Waals surface area (Å²) < 4.78 is 6.63. The zero-order valence-electron chi connectivity index (χ0n) is 14.7. The van der Waals surface area contributed by atoms with Crippen molar-refractivity contribution in [1.82, 2.24) is 14.8 Å². The molecule has 0 aliphatic heterocycles. The maximum absolute atomic E-state index is 12.2. The number of hydrogen-bond acceptors (Lipinski definition) is 6. The van der Waals surface area contributed by atoms with Gasteiger partial charge in [-0.15, -0.1) is 11.3 Å². The highest BCUT2D eigenvalue weighted by Crippen LogP contribution is 2.25. The number of amides is 1. The zero-order valence-corrected chi connectivity index (χ0v) is 16.3. The van der Waals surface area contributed by atoms with Gasteiger partial charge in [0.05, 0.1) is 11.4 Å². The first kappa shape index (κ1) is 19.1. The number of aromatic nitrogens is 3. The summed E-state index contributed by atoms with van der Waals surface area (Å²) in [6.07, 6.45) is 3.74. The Kier molecular flexibility index (Phi) is 5.88. The highest BCUT2D eigenvalue weighted by Gasteiger charge is 2.16. The van der Waals surface area contributed by atoms with E-state index in [1.54, 1.807) is 24.3 Å². The Hall–Kier alpha value is -2.71. The molecule has 0 unspecified atom stereocenters. The number of benzene rings is 1. The molecule has 1 N–H and O–H groups in total. The van der Waals surface area contributed by atoms with Gasteiger partial charge in [0, 0.05) is 9.90 Å². The van der Waals surface area contributed by atoms with Crippen LogP contribution in [0.1, 0.15) is 27.0 Å². The molecule has 0 atom stereocenters. The predicted molar refractivity (Wildman–Crippen MR) is 104 cm³/mol. The molecule has 0 fully saturated rings. The van der Waals surface area contributed by atoms with Crippen molar-refractivity contribution >= 4 is 40.5 Å².